The van der Waals surface area contributed by atoms with E-state index >= 15 is 0 Å². The number of hydrogen-bond donors (Lipinski definition) is 0. The molecule has 0 spiro atoms. The molecule has 4 heteroatoms. The first-order valence-electron chi connectivity index (χ1n) is 4.71. The standard InChI is InChI=1S/C11H14Cl2O2/c1-3-15-11-5-8(6-12)10(14-2)4-9(11)7-13/h4-5H,3,6-7H2,1-2H3. The lowest BCUT2D eigenvalue weighted by atomic mass is 10.1. The molecule has 0 heterocycles. The van der Waals surface area contributed by atoms with Crippen LogP contribution in [-0.4, -0.2) is 13.7 Å². The van der Waals surface area contributed by atoms with Crippen LogP contribution in [0.5, 0.6) is 11.5 Å². The van der Waals surface area contributed by atoms with Crippen molar-refractivity contribution in [2.24, 2.45) is 0 Å². The fraction of sp³-hybridized carbons (Fsp3) is 0.455. The Kier molecular flexibility index (Phi) is 5.06. The minimum Gasteiger partial charge on any atom is -0.496 e. The van der Waals surface area contributed by atoms with Crippen LogP contribution < -0.4 is 9.47 Å². The van der Waals surface area contributed by atoms with Crippen molar-refractivity contribution in [3.8, 4) is 11.5 Å². The predicted molar refractivity (Wildman–Crippen MR) is 63.3 cm³/mol. The summed E-state index contributed by atoms with van der Waals surface area (Å²) in [6, 6.07) is 3.75. The molecule has 1 aromatic rings. The molecule has 2 nitrogen and oxygen atoms in total. The van der Waals surface area contributed by atoms with Gasteiger partial charge in [-0.05, 0) is 19.1 Å². The normalized spacial score (nSPS) is 10.1. The van der Waals surface area contributed by atoms with E-state index in [0.717, 1.165) is 22.6 Å². The second kappa shape index (κ2) is 6.09. The van der Waals surface area contributed by atoms with Crippen LogP contribution in [0, 0.1) is 0 Å². The largest absolute Gasteiger partial charge is 0.496 e. The average Bonchev–Trinajstić information content (AvgIpc) is 2.28. The minimum absolute atomic E-state index is 0.395. The first-order valence-corrected chi connectivity index (χ1v) is 5.78. The molecule has 0 saturated carbocycles. The summed E-state index contributed by atoms with van der Waals surface area (Å²) in [6.07, 6.45) is 0. The molecule has 0 aliphatic carbocycles. The van der Waals surface area contributed by atoms with Gasteiger partial charge in [-0.2, -0.15) is 0 Å². The number of methoxy groups -OCH3 is 1. The van der Waals surface area contributed by atoms with Crippen LogP contribution in [-0.2, 0) is 11.8 Å². The highest BCUT2D eigenvalue weighted by Crippen LogP contribution is 2.31. The van der Waals surface area contributed by atoms with Crippen molar-refractivity contribution < 1.29 is 9.47 Å². The van der Waals surface area contributed by atoms with Gasteiger partial charge in [0.2, 0.25) is 0 Å². The maximum Gasteiger partial charge on any atom is 0.124 e. The van der Waals surface area contributed by atoms with Crippen LogP contribution in [0.4, 0.5) is 0 Å². The second-order valence-electron chi connectivity index (χ2n) is 2.97. The maximum absolute atomic E-state index is 5.82. The van der Waals surface area contributed by atoms with Gasteiger partial charge in [0.25, 0.3) is 0 Å². The van der Waals surface area contributed by atoms with E-state index in [1.54, 1.807) is 7.11 Å². The zero-order chi connectivity index (χ0) is 11.3. The number of ether oxygens (including phenoxy) is 2. The van der Waals surface area contributed by atoms with Gasteiger partial charge in [0, 0.05) is 11.1 Å². The van der Waals surface area contributed by atoms with E-state index in [1.165, 1.54) is 0 Å². The third kappa shape index (κ3) is 2.93. The highest BCUT2D eigenvalue weighted by atomic mass is 35.5. The van der Waals surface area contributed by atoms with Crippen molar-refractivity contribution in [2.45, 2.75) is 18.7 Å². The first kappa shape index (κ1) is 12.5. The molecule has 84 valence electrons. The molecule has 0 unspecified atom stereocenters. The Hall–Kier alpha value is -0.600. The molecule has 0 bridgehead atoms. The lowest BCUT2D eigenvalue weighted by molar-refractivity contribution is 0.335. The van der Waals surface area contributed by atoms with Crippen LogP contribution >= 0.6 is 23.2 Å². The highest BCUT2D eigenvalue weighted by Gasteiger charge is 2.10. The summed E-state index contributed by atoms with van der Waals surface area (Å²) in [5.74, 6) is 2.33. The van der Waals surface area contributed by atoms with Gasteiger partial charge >= 0.3 is 0 Å². The van der Waals surface area contributed by atoms with E-state index in [4.69, 9.17) is 32.7 Å². The Morgan fingerprint density at radius 2 is 1.60 bits per heavy atom. The Bertz CT molecular complexity index is 327. The van der Waals surface area contributed by atoms with Gasteiger partial charge in [-0.1, -0.05) is 0 Å². The fourth-order valence-corrected chi connectivity index (χ4v) is 1.75. The molecule has 0 aliphatic heterocycles. The van der Waals surface area contributed by atoms with Gasteiger partial charge < -0.3 is 9.47 Å². The molecule has 0 N–H and O–H groups in total. The minimum atomic E-state index is 0.395. The van der Waals surface area contributed by atoms with Crippen molar-refractivity contribution in [3.05, 3.63) is 23.3 Å². The van der Waals surface area contributed by atoms with Gasteiger partial charge in [0.15, 0.2) is 0 Å². The van der Waals surface area contributed by atoms with Crippen molar-refractivity contribution in [3.63, 3.8) is 0 Å². The molecule has 0 radical (unpaired) electrons. The van der Waals surface area contributed by atoms with Gasteiger partial charge in [0.1, 0.15) is 11.5 Å². The Morgan fingerprint density at radius 3 is 2.07 bits per heavy atom. The SMILES string of the molecule is CCOc1cc(CCl)c(OC)cc1CCl. The number of rotatable bonds is 5. The molecular weight excluding hydrogens is 235 g/mol. The van der Waals surface area contributed by atoms with Crippen LogP contribution in [0.2, 0.25) is 0 Å². The average molecular weight is 249 g/mol. The topological polar surface area (TPSA) is 18.5 Å². The lowest BCUT2D eigenvalue weighted by Gasteiger charge is -2.13. The quantitative estimate of drug-likeness (QED) is 0.742. The maximum atomic E-state index is 5.82. The number of benzene rings is 1. The molecule has 1 rings (SSSR count). The monoisotopic (exact) mass is 248 g/mol. The summed E-state index contributed by atoms with van der Waals surface area (Å²) in [5.41, 5.74) is 1.83. The van der Waals surface area contributed by atoms with E-state index in [9.17, 15) is 0 Å². The molecule has 0 aliphatic rings. The summed E-state index contributed by atoms with van der Waals surface area (Å²) < 4.78 is 10.7. The molecule has 0 saturated heterocycles. The third-order valence-corrected chi connectivity index (χ3v) is 2.63. The second-order valence-corrected chi connectivity index (χ2v) is 3.51. The van der Waals surface area contributed by atoms with Crippen molar-refractivity contribution in [1.82, 2.24) is 0 Å². The van der Waals surface area contributed by atoms with Crippen molar-refractivity contribution >= 4 is 23.2 Å². The van der Waals surface area contributed by atoms with Crippen LogP contribution in [0.15, 0.2) is 12.1 Å². The van der Waals surface area contributed by atoms with E-state index in [-0.39, 0.29) is 0 Å². The Morgan fingerprint density at radius 1 is 1.07 bits per heavy atom. The molecule has 0 fully saturated rings. The summed E-state index contributed by atoms with van der Waals surface area (Å²) in [6.45, 7) is 2.54. The van der Waals surface area contributed by atoms with Gasteiger partial charge in [-0.25, -0.2) is 0 Å². The lowest BCUT2D eigenvalue weighted by Crippen LogP contribution is -1.99. The Balaban J connectivity index is 3.15. The molecule has 0 aromatic heterocycles. The molecule has 0 amide bonds. The molecule has 1 aromatic carbocycles. The van der Waals surface area contributed by atoms with Gasteiger partial charge in [-0.3, -0.25) is 0 Å². The number of alkyl halides is 2. The fourth-order valence-electron chi connectivity index (χ4n) is 1.33. The summed E-state index contributed by atoms with van der Waals surface area (Å²) in [7, 11) is 1.61. The summed E-state index contributed by atoms with van der Waals surface area (Å²) in [4.78, 5) is 0. The molecule has 0 atom stereocenters. The Labute approximate surface area is 100 Å². The zero-order valence-electron chi connectivity index (χ0n) is 8.85. The smallest absolute Gasteiger partial charge is 0.124 e. The van der Waals surface area contributed by atoms with E-state index in [1.807, 2.05) is 19.1 Å². The number of hydrogen-bond acceptors (Lipinski definition) is 2. The first-order chi connectivity index (χ1) is 7.26. The third-order valence-electron chi connectivity index (χ3n) is 2.05. The van der Waals surface area contributed by atoms with Gasteiger partial charge in [-0.15, -0.1) is 23.2 Å². The highest BCUT2D eigenvalue weighted by molar-refractivity contribution is 6.17. The van der Waals surface area contributed by atoms with Crippen molar-refractivity contribution in [1.29, 1.82) is 0 Å². The van der Waals surface area contributed by atoms with E-state index in [2.05, 4.69) is 0 Å². The van der Waals surface area contributed by atoms with Gasteiger partial charge in [0.05, 0.1) is 25.5 Å². The van der Waals surface area contributed by atoms with Crippen LogP contribution in [0.1, 0.15) is 18.1 Å². The predicted octanol–water partition coefficient (Wildman–Crippen LogP) is 3.57. The van der Waals surface area contributed by atoms with E-state index < -0.39 is 0 Å². The van der Waals surface area contributed by atoms with E-state index in [0.29, 0.717) is 18.4 Å². The molecular formula is C11H14Cl2O2. The zero-order valence-corrected chi connectivity index (χ0v) is 10.4. The van der Waals surface area contributed by atoms with Crippen LogP contribution in [0.25, 0.3) is 0 Å². The number of halogens is 2. The summed E-state index contributed by atoms with van der Waals surface area (Å²) >= 11 is 11.6. The molecule has 15 heavy (non-hydrogen) atoms. The van der Waals surface area contributed by atoms with Crippen molar-refractivity contribution in [2.75, 3.05) is 13.7 Å². The van der Waals surface area contributed by atoms with Crippen LogP contribution in [0.3, 0.4) is 0 Å². The summed E-state index contributed by atoms with van der Waals surface area (Å²) in [5, 5.41) is 0.